The van der Waals surface area contributed by atoms with E-state index in [1.807, 2.05) is 45.9 Å². The number of hydrogen-bond acceptors (Lipinski definition) is 1. The maximum atomic E-state index is 11.8. The highest BCUT2D eigenvalue weighted by Crippen LogP contribution is 2.20. The highest BCUT2D eigenvalue weighted by molar-refractivity contribution is 5.95. The molecule has 0 spiro atoms. The van der Waals surface area contributed by atoms with Gasteiger partial charge in [-0.15, -0.1) is 6.42 Å². The molecule has 0 atom stereocenters. The average Bonchev–Trinajstić information content (AvgIpc) is 2.19. The first-order valence-corrected chi connectivity index (χ1v) is 5.23. The standard InChI is InChI=1S/C14H17NO/c1-6-11-9-10(2)7-8-12(11)15-13(16)14(3,4)5/h1,7-9H,2-5H3,(H,15,16). The quantitative estimate of drug-likeness (QED) is 0.717. The van der Waals surface area contributed by atoms with Crippen LogP contribution >= 0.6 is 0 Å². The maximum absolute atomic E-state index is 11.8. The van der Waals surface area contributed by atoms with Crippen LogP contribution in [0.5, 0.6) is 0 Å². The second-order valence-corrected chi connectivity index (χ2v) is 4.90. The first-order valence-electron chi connectivity index (χ1n) is 5.23. The van der Waals surface area contributed by atoms with E-state index in [0.29, 0.717) is 5.69 Å². The predicted molar refractivity (Wildman–Crippen MR) is 67.2 cm³/mol. The summed E-state index contributed by atoms with van der Waals surface area (Å²) in [6.07, 6.45) is 5.40. The van der Waals surface area contributed by atoms with Crippen molar-refractivity contribution < 1.29 is 4.79 Å². The summed E-state index contributed by atoms with van der Waals surface area (Å²) in [7, 11) is 0. The molecule has 0 heterocycles. The normalized spacial score (nSPS) is 10.7. The van der Waals surface area contributed by atoms with E-state index in [-0.39, 0.29) is 5.91 Å². The second-order valence-electron chi connectivity index (χ2n) is 4.90. The molecule has 0 fully saturated rings. The molecule has 2 nitrogen and oxygen atoms in total. The molecule has 0 aromatic heterocycles. The van der Waals surface area contributed by atoms with Crippen molar-refractivity contribution in [3.05, 3.63) is 29.3 Å². The van der Waals surface area contributed by atoms with E-state index in [1.165, 1.54) is 0 Å². The number of hydrogen-bond donors (Lipinski definition) is 1. The van der Waals surface area contributed by atoms with Gasteiger partial charge in [-0.2, -0.15) is 0 Å². The molecule has 1 rings (SSSR count). The minimum Gasteiger partial charge on any atom is -0.325 e. The van der Waals surface area contributed by atoms with Gasteiger partial charge in [-0.05, 0) is 24.6 Å². The number of benzene rings is 1. The average molecular weight is 215 g/mol. The van der Waals surface area contributed by atoms with Crippen LogP contribution in [-0.2, 0) is 4.79 Å². The van der Waals surface area contributed by atoms with Gasteiger partial charge in [0.1, 0.15) is 0 Å². The third-order valence-corrected chi connectivity index (χ3v) is 2.26. The van der Waals surface area contributed by atoms with Crippen LogP contribution in [0, 0.1) is 24.7 Å². The lowest BCUT2D eigenvalue weighted by Gasteiger charge is -2.18. The van der Waals surface area contributed by atoms with E-state index in [1.54, 1.807) is 0 Å². The molecule has 0 unspecified atom stereocenters. The lowest BCUT2D eigenvalue weighted by Crippen LogP contribution is -2.27. The molecule has 1 aromatic carbocycles. The molecule has 84 valence electrons. The van der Waals surface area contributed by atoms with Gasteiger partial charge in [-0.1, -0.05) is 32.8 Å². The Labute approximate surface area is 97.1 Å². The summed E-state index contributed by atoms with van der Waals surface area (Å²) in [6, 6.07) is 5.66. The Balaban J connectivity index is 2.99. The fourth-order valence-corrected chi connectivity index (χ4v) is 1.20. The van der Waals surface area contributed by atoms with E-state index < -0.39 is 5.41 Å². The molecular formula is C14H17NO. The van der Waals surface area contributed by atoms with Gasteiger partial charge >= 0.3 is 0 Å². The minimum absolute atomic E-state index is 0.0344. The Kier molecular flexibility index (Phi) is 3.39. The smallest absolute Gasteiger partial charge is 0.229 e. The summed E-state index contributed by atoms with van der Waals surface area (Å²) < 4.78 is 0. The van der Waals surface area contributed by atoms with Crippen LogP contribution in [0.1, 0.15) is 31.9 Å². The zero-order valence-corrected chi connectivity index (χ0v) is 10.2. The minimum atomic E-state index is -0.420. The monoisotopic (exact) mass is 215 g/mol. The van der Waals surface area contributed by atoms with Crippen LogP contribution in [0.2, 0.25) is 0 Å². The number of terminal acetylenes is 1. The first-order chi connectivity index (χ1) is 7.34. The summed E-state index contributed by atoms with van der Waals surface area (Å²) in [5.74, 6) is 2.54. The van der Waals surface area contributed by atoms with Crippen molar-refractivity contribution >= 4 is 11.6 Å². The molecule has 1 aromatic rings. The number of carbonyl (C=O) groups excluding carboxylic acids is 1. The Morgan fingerprint density at radius 3 is 2.50 bits per heavy atom. The summed E-state index contributed by atoms with van der Waals surface area (Å²) in [4.78, 5) is 11.8. The molecule has 2 heteroatoms. The van der Waals surface area contributed by atoms with Gasteiger partial charge in [0.2, 0.25) is 5.91 Å². The fraction of sp³-hybridized carbons (Fsp3) is 0.357. The number of rotatable bonds is 1. The third-order valence-electron chi connectivity index (χ3n) is 2.26. The van der Waals surface area contributed by atoms with Gasteiger partial charge in [-0.25, -0.2) is 0 Å². The van der Waals surface area contributed by atoms with Gasteiger partial charge in [0, 0.05) is 11.0 Å². The molecule has 0 aliphatic heterocycles. The van der Waals surface area contributed by atoms with Crippen molar-refractivity contribution in [3.8, 4) is 12.3 Å². The van der Waals surface area contributed by atoms with E-state index in [4.69, 9.17) is 6.42 Å². The van der Waals surface area contributed by atoms with Crippen molar-refractivity contribution in [1.82, 2.24) is 0 Å². The van der Waals surface area contributed by atoms with Gasteiger partial charge in [0.25, 0.3) is 0 Å². The lowest BCUT2D eigenvalue weighted by molar-refractivity contribution is -0.123. The van der Waals surface area contributed by atoms with E-state index >= 15 is 0 Å². The van der Waals surface area contributed by atoms with Crippen LogP contribution in [-0.4, -0.2) is 5.91 Å². The van der Waals surface area contributed by atoms with Crippen molar-refractivity contribution in [2.75, 3.05) is 5.32 Å². The molecule has 0 saturated carbocycles. The summed E-state index contributed by atoms with van der Waals surface area (Å²) in [5.41, 5.74) is 2.09. The number of carbonyl (C=O) groups is 1. The SMILES string of the molecule is C#Cc1cc(C)ccc1NC(=O)C(C)(C)C. The van der Waals surface area contributed by atoms with Gasteiger partial charge in [0.15, 0.2) is 0 Å². The molecule has 0 bridgehead atoms. The van der Waals surface area contributed by atoms with Gasteiger partial charge in [0.05, 0.1) is 5.69 Å². The number of amides is 1. The largest absolute Gasteiger partial charge is 0.325 e. The molecule has 1 N–H and O–H groups in total. The zero-order valence-electron chi connectivity index (χ0n) is 10.2. The summed E-state index contributed by atoms with van der Waals surface area (Å²) >= 11 is 0. The number of nitrogens with one attached hydrogen (secondary N) is 1. The molecule has 16 heavy (non-hydrogen) atoms. The molecule has 0 aliphatic rings. The summed E-state index contributed by atoms with van der Waals surface area (Å²) in [6.45, 7) is 7.57. The summed E-state index contributed by atoms with van der Waals surface area (Å²) in [5, 5.41) is 2.85. The number of anilines is 1. The van der Waals surface area contributed by atoms with Crippen molar-refractivity contribution in [2.24, 2.45) is 5.41 Å². The number of aryl methyl sites for hydroxylation is 1. The fourth-order valence-electron chi connectivity index (χ4n) is 1.20. The lowest BCUT2D eigenvalue weighted by atomic mass is 9.95. The van der Waals surface area contributed by atoms with Crippen LogP contribution in [0.4, 0.5) is 5.69 Å². The predicted octanol–water partition coefficient (Wildman–Crippen LogP) is 2.96. The highest BCUT2D eigenvalue weighted by atomic mass is 16.2. The topological polar surface area (TPSA) is 29.1 Å². The molecular weight excluding hydrogens is 198 g/mol. The second kappa shape index (κ2) is 4.40. The molecule has 1 amide bonds. The van der Waals surface area contributed by atoms with Gasteiger partial charge < -0.3 is 5.32 Å². The van der Waals surface area contributed by atoms with Crippen molar-refractivity contribution in [3.63, 3.8) is 0 Å². The third kappa shape index (κ3) is 2.87. The Hall–Kier alpha value is -1.75. The van der Waals surface area contributed by atoms with Crippen LogP contribution in [0.25, 0.3) is 0 Å². The van der Waals surface area contributed by atoms with Crippen LogP contribution in [0.15, 0.2) is 18.2 Å². The first kappa shape index (κ1) is 12.3. The Bertz CT molecular complexity index is 447. The van der Waals surface area contributed by atoms with Crippen LogP contribution < -0.4 is 5.32 Å². The van der Waals surface area contributed by atoms with Gasteiger partial charge in [-0.3, -0.25) is 4.79 Å². The van der Waals surface area contributed by atoms with Crippen molar-refractivity contribution in [1.29, 1.82) is 0 Å². The molecule has 0 saturated heterocycles. The van der Waals surface area contributed by atoms with Crippen LogP contribution in [0.3, 0.4) is 0 Å². The molecule has 0 aliphatic carbocycles. The van der Waals surface area contributed by atoms with E-state index in [9.17, 15) is 4.79 Å². The Morgan fingerprint density at radius 1 is 1.38 bits per heavy atom. The molecule has 0 radical (unpaired) electrons. The zero-order chi connectivity index (χ0) is 12.3. The maximum Gasteiger partial charge on any atom is 0.229 e. The Morgan fingerprint density at radius 2 is 2.00 bits per heavy atom. The van der Waals surface area contributed by atoms with E-state index in [0.717, 1.165) is 11.1 Å². The highest BCUT2D eigenvalue weighted by Gasteiger charge is 2.21. The van der Waals surface area contributed by atoms with Crippen molar-refractivity contribution in [2.45, 2.75) is 27.7 Å². The van der Waals surface area contributed by atoms with E-state index in [2.05, 4.69) is 11.2 Å².